The first-order chi connectivity index (χ1) is 9.31. The van der Waals surface area contributed by atoms with Crippen LogP contribution in [0.3, 0.4) is 0 Å². The van der Waals surface area contributed by atoms with Crippen LogP contribution in [-0.4, -0.2) is 0 Å². The lowest BCUT2D eigenvalue weighted by atomic mass is 10.1. The average molecular weight is 274 g/mol. The first-order valence-corrected chi connectivity index (χ1v) is 8.18. The Kier molecular flexibility index (Phi) is 8.40. The van der Waals surface area contributed by atoms with Gasteiger partial charge in [-0.25, -0.2) is 0 Å². The Morgan fingerprint density at radius 3 is 2.47 bits per heavy atom. The van der Waals surface area contributed by atoms with Crippen LogP contribution in [0.15, 0.2) is 58.4 Å². The van der Waals surface area contributed by atoms with E-state index in [9.17, 15) is 0 Å². The third-order valence-electron chi connectivity index (χ3n) is 3.20. The number of benzene rings is 1. The van der Waals surface area contributed by atoms with Crippen molar-refractivity contribution in [2.45, 2.75) is 57.3 Å². The van der Waals surface area contributed by atoms with E-state index >= 15 is 0 Å². The predicted molar refractivity (Wildman–Crippen MR) is 88.6 cm³/mol. The Hall–Kier alpha value is -0.950. The Balaban J connectivity index is 2.81. The molecule has 0 bridgehead atoms. The lowest BCUT2D eigenvalue weighted by Crippen LogP contribution is -1.89. The van der Waals surface area contributed by atoms with Gasteiger partial charge in [0.2, 0.25) is 0 Å². The molecule has 0 heterocycles. The highest BCUT2D eigenvalue weighted by atomic mass is 32.2. The minimum absolute atomic E-state index is 1.03. The van der Waals surface area contributed by atoms with Gasteiger partial charge in [0.05, 0.1) is 0 Å². The van der Waals surface area contributed by atoms with Gasteiger partial charge in [-0.3, -0.25) is 0 Å². The molecule has 0 aliphatic heterocycles. The summed E-state index contributed by atoms with van der Waals surface area (Å²) in [5, 5.41) is 0. The van der Waals surface area contributed by atoms with Gasteiger partial charge in [0.25, 0.3) is 0 Å². The van der Waals surface area contributed by atoms with Crippen LogP contribution in [0.2, 0.25) is 0 Å². The van der Waals surface area contributed by atoms with Gasteiger partial charge in [0.15, 0.2) is 0 Å². The first-order valence-electron chi connectivity index (χ1n) is 7.36. The minimum Gasteiger partial charge on any atom is -0.103 e. The zero-order chi connectivity index (χ0) is 13.9. The SMILES string of the molecule is C=CC/C(CC)=C(\CCCCC)Sc1ccccc1. The predicted octanol–water partition coefficient (Wildman–Crippen LogP) is 6.60. The molecule has 1 aromatic carbocycles. The van der Waals surface area contributed by atoms with Crippen molar-refractivity contribution >= 4 is 11.8 Å². The summed E-state index contributed by atoms with van der Waals surface area (Å²) in [5.41, 5.74) is 1.56. The maximum Gasteiger partial charge on any atom is 0.0119 e. The Bertz CT molecular complexity index is 389. The highest BCUT2D eigenvalue weighted by molar-refractivity contribution is 8.03. The van der Waals surface area contributed by atoms with E-state index < -0.39 is 0 Å². The fourth-order valence-corrected chi connectivity index (χ4v) is 3.29. The zero-order valence-corrected chi connectivity index (χ0v) is 13.1. The quantitative estimate of drug-likeness (QED) is 0.278. The molecule has 0 fully saturated rings. The molecule has 0 nitrogen and oxygen atoms in total. The molecule has 0 saturated carbocycles. The molecule has 1 heteroatoms. The zero-order valence-electron chi connectivity index (χ0n) is 12.3. The fourth-order valence-electron chi connectivity index (χ4n) is 2.10. The van der Waals surface area contributed by atoms with Crippen molar-refractivity contribution in [1.29, 1.82) is 0 Å². The van der Waals surface area contributed by atoms with Crippen LogP contribution in [0.25, 0.3) is 0 Å². The maximum absolute atomic E-state index is 3.89. The van der Waals surface area contributed by atoms with E-state index in [4.69, 9.17) is 0 Å². The van der Waals surface area contributed by atoms with Gasteiger partial charge in [-0.2, -0.15) is 0 Å². The summed E-state index contributed by atoms with van der Waals surface area (Å²) in [5.74, 6) is 0. The number of unbranched alkanes of at least 4 members (excludes halogenated alkanes) is 2. The summed E-state index contributed by atoms with van der Waals surface area (Å²) in [6.45, 7) is 8.41. The number of allylic oxidation sites excluding steroid dienone is 3. The first kappa shape index (κ1) is 16.1. The molecule has 104 valence electrons. The van der Waals surface area contributed by atoms with Crippen molar-refractivity contribution in [3.8, 4) is 0 Å². The van der Waals surface area contributed by atoms with Crippen molar-refractivity contribution in [3.05, 3.63) is 53.5 Å². The number of rotatable bonds is 9. The molecule has 0 aliphatic rings. The summed E-state index contributed by atoms with van der Waals surface area (Å²) in [6, 6.07) is 10.7. The molecule has 0 aromatic heterocycles. The van der Waals surface area contributed by atoms with E-state index in [1.54, 1.807) is 10.5 Å². The molecule has 1 rings (SSSR count). The summed E-state index contributed by atoms with van der Waals surface area (Å²) >= 11 is 1.94. The van der Waals surface area contributed by atoms with E-state index in [0.717, 1.165) is 12.8 Å². The van der Waals surface area contributed by atoms with Crippen molar-refractivity contribution in [3.63, 3.8) is 0 Å². The molecule has 0 atom stereocenters. The van der Waals surface area contributed by atoms with Gasteiger partial charge in [-0.1, -0.05) is 68.3 Å². The number of hydrogen-bond donors (Lipinski definition) is 0. The van der Waals surface area contributed by atoms with Crippen LogP contribution in [-0.2, 0) is 0 Å². The molecular weight excluding hydrogens is 248 g/mol. The maximum atomic E-state index is 3.89. The van der Waals surface area contributed by atoms with Gasteiger partial charge in [0.1, 0.15) is 0 Å². The topological polar surface area (TPSA) is 0 Å². The number of hydrogen-bond acceptors (Lipinski definition) is 1. The summed E-state index contributed by atoms with van der Waals surface area (Å²) in [4.78, 5) is 2.91. The van der Waals surface area contributed by atoms with Crippen LogP contribution in [0.5, 0.6) is 0 Å². The second kappa shape index (κ2) is 9.91. The van der Waals surface area contributed by atoms with Crippen LogP contribution in [0.1, 0.15) is 52.4 Å². The Labute approximate surface area is 123 Å². The summed E-state index contributed by atoms with van der Waals surface area (Å²) in [7, 11) is 0. The molecule has 0 spiro atoms. The van der Waals surface area contributed by atoms with E-state index in [1.165, 1.54) is 30.6 Å². The lowest BCUT2D eigenvalue weighted by molar-refractivity contribution is 0.720. The smallest absolute Gasteiger partial charge is 0.0119 e. The molecule has 0 N–H and O–H groups in total. The average Bonchev–Trinajstić information content (AvgIpc) is 2.45. The molecule has 0 saturated heterocycles. The fraction of sp³-hybridized carbons (Fsp3) is 0.444. The van der Waals surface area contributed by atoms with Gasteiger partial charge in [-0.15, -0.1) is 6.58 Å². The Morgan fingerprint density at radius 1 is 1.16 bits per heavy atom. The normalized spacial score (nSPS) is 12.1. The summed E-state index contributed by atoms with van der Waals surface area (Å²) < 4.78 is 0. The molecular formula is C18H26S. The molecule has 1 aromatic rings. The highest BCUT2D eigenvalue weighted by Crippen LogP contribution is 2.34. The monoisotopic (exact) mass is 274 g/mol. The van der Waals surface area contributed by atoms with Crippen LogP contribution in [0, 0.1) is 0 Å². The van der Waals surface area contributed by atoms with Gasteiger partial charge >= 0.3 is 0 Å². The molecule has 0 radical (unpaired) electrons. The van der Waals surface area contributed by atoms with Gasteiger partial charge in [-0.05, 0) is 42.7 Å². The van der Waals surface area contributed by atoms with E-state index in [1.807, 2.05) is 17.8 Å². The lowest BCUT2D eigenvalue weighted by Gasteiger charge is -2.13. The van der Waals surface area contributed by atoms with E-state index in [2.05, 4.69) is 50.8 Å². The van der Waals surface area contributed by atoms with E-state index in [0.29, 0.717) is 0 Å². The Morgan fingerprint density at radius 2 is 1.89 bits per heavy atom. The standard InChI is InChI=1S/C18H26S/c1-4-7-9-15-18(16(6-3)12-5-2)19-17-13-10-8-11-14-17/h5,8,10-11,13-14H,2,4,6-7,9,12,15H2,1,3H3/b18-16+. The van der Waals surface area contributed by atoms with Crippen LogP contribution >= 0.6 is 11.8 Å². The van der Waals surface area contributed by atoms with Gasteiger partial charge < -0.3 is 0 Å². The molecule has 0 amide bonds. The number of thioether (sulfide) groups is 1. The van der Waals surface area contributed by atoms with Crippen molar-refractivity contribution in [1.82, 2.24) is 0 Å². The minimum atomic E-state index is 1.03. The van der Waals surface area contributed by atoms with Crippen molar-refractivity contribution in [2.75, 3.05) is 0 Å². The van der Waals surface area contributed by atoms with Crippen LogP contribution < -0.4 is 0 Å². The second-order valence-electron chi connectivity index (χ2n) is 4.75. The summed E-state index contributed by atoms with van der Waals surface area (Å²) in [6.07, 6.45) is 9.31. The van der Waals surface area contributed by atoms with Crippen molar-refractivity contribution in [2.24, 2.45) is 0 Å². The second-order valence-corrected chi connectivity index (χ2v) is 5.91. The molecule has 0 unspecified atom stereocenters. The van der Waals surface area contributed by atoms with Crippen molar-refractivity contribution < 1.29 is 0 Å². The van der Waals surface area contributed by atoms with E-state index in [-0.39, 0.29) is 0 Å². The molecule has 0 aliphatic carbocycles. The van der Waals surface area contributed by atoms with Crippen LogP contribution in [0.4, 0.5) is 0 Å². The molecule has 19 heavy (non-hydrogen) atoms. The van der Waals surface area contributed by atoms with Gasteiger partial charge in [0, 0.05) is 4.90 Å². The third-order valence-corrected chi connectivity index (χ3v) is 4.45. The highest BCUT2D eigenvalue weighted by Gasteiger charge is 2.06. The third kappa shape index (κ3) is 6.15. The largest absolute Gasteiger partial charge is 0.103 e.